The number of aromatic nitrogens is 4. The highest BCUT2D eigenvalue weighted by Crippen LogP contribution is 2.29. The zero-order valence-electron chi connectivity index (χ0n) is 13.4. The molecule has 26 heavy (non-hydrogen) atoms. The van der Waals surface area contributed by atoms with E-state index in [2.05, 4.69) is 15.1 Å². The molecule has 0 saturated carbocycles. The highest BCUT2D eigenvalue weighted by atomic mass is 19.3. The fourth-order valence-corrected chi connectivity index (χ4v) is 2.35. The van der Waals surface area contributed by atoms with Crippen molar-refractivity contribution in [1.29, 1.82) is 0 Å². The summed E-state index contributed by atoms with van der Waals surface area (Å²) in [6.07, 6.45) is -4.39. The summed E-state index contributed by atoms with van der Waals surface area (Å²) in [6, 6.07) is 0.917. The molecule has 0 saturated heterocycles. The minimum absolute atomic E-state index is 0.0310. The second-order valence-electron chi connectivity index (χ2n) is 5.45. The van der Waals surface area contributed by atoms with Crippen LogP contribution < -0.4 is 10.4 Å². The Hall–Kier alpha value is -2.98. The second-order valence-corrected chi connectivity index (χ2v) is 5.45. The summed E-state index contributed by atoms with van der Waals surface area (Å²) in [5, 5.41) is 3.89. The van der Waals surface area contributed by atoms with Gasteiger partial charge in [-0.3, -0.25) is 4.98 Å². The molecule has 138 valence electrons. The quantitative estimate of drug-likeness (QED) is 0.563. The lowest BCUT2D eigenvalue weighted by atomic mass is 10.1. The number of fused-ring (bicyclic) bond motifs is 1. The summed E-state index contributed by atoms with van der Waals surface area (Å²) in [5.41, 5.74) is -0.979. The van der Waals surface area contributed by atoms with E-state index in [0.29, 0.717) is 12.1 Å². The topological polar surface area (TPSA) is 72.3 Å². The number of rotatable bonds is 4. The summed E-state index contributed by atoms with van der Waals surface area (Å²) < 4.78 is 71.2. The number of aromatic amines is 1. The van der Waals surface area contributed by atoms with Crippen LogP contribution in [0.1, 0.15) is 12.6 Å². The van der Waals surface area contributed by atoms with Gasteiger partial charge in [0, 0.05) is 0 Å². The van der Waals surface area contributed by atoms with Gasteiger partial charge in [0.25, 0.3) is 12.4 Å². The number of halogens is 5. The molecule has 6 nitrogen and oxygen atoms in total. The Morgan fingerprint density at radius 1 is 1.19 bits per heavy atom. The SMILES string of the molecule is Cc1nn2c(=O)[nH]c(OC(C)C(F)F)nc2c1-c1cc(F)c(F)c(F)c1. The molecule has 2 heterocycles. The largest absolute Gasteiger partial charge is 0.456 e. The van der Waals surface area contributed by atoms with E-state index >= 15 is 0 Å². The van der Waals surface area contributed by atoms with Crippen molar-refractivity contribution >= 4 is 5.65 Å². The molecule has 3 rings (SSSR count). The predicted molar refractivity (Wildman–Crippen MR) is 79.7 cm³/mol. The van der Waals surface area contributed by atoms with Gasteiger partial charge in [-0.1, -0.05) is 0 Å². The van der Waals surface area contributed by atoms with Crippen LogP contribution in [0.15, 0.2) is 16.9 Å². The second kappa shape index (κ2) is 6.39. The highest BCUT2D eigenvalue weighted by Gasteiger charge is 2.22. The molecule has 0 amide bonds. The summed E-state index contributed by atoms with van der Waals surface area (Å²) in [5.74, 6) is -4.53. The molecule has 2 aromatic heterocycles. The number of alkyl halides is 2. The van der Waals surface area contributed by atoms with E-state index in [1.807, 2.05) is 0 Å². The minimum atomic E-state index is -2.83. The van der Waals surface area contributed by atoms with Gasteiger partial charge in [0.1, 0.15) is 0 Å². The van der Waals surface area contributed by atoms with Crippen LogP contribution in [-0.4, -0.2) is 32.1 Å². The van der Waals surface area contributed by atoms with Crippen LogP contribution in [0, 0.1) is 24.4 Å². The van der Waals surface area contributed by atoms with Gasteiger partial charge < -0.3 is 4.74 Å². The molecule has 1 unspecified atom stereocenters. The molecule has 0 fully saturated rings. The lowest BCUT2D eigenvalue weighted by molar-refractivity contribution is 0.0173. The molecule has 0 radical (unpaired) electrons. The average molecular weight is 374 g/mol. The van der Waals surface area contributed by atoms with Crippen LogP contribution in [-0.2, 0) is 0 Å². The number of H-pyrrole nitrogens is 1. The molecule has 0 bridgehead atoms. The van der Waals surface area contributed by atoms with Gasteiger partial charge >= 0.3 is 5.69 Å². The van der Waals surface area contributed by atoms with Gasteiger partial charge in [0.15, 0.2) is 29.2 Å². The number of nitrogens with one attached hydrogen (secondary N) is 1. The smallest absolute Gasteiger partial charge is 0.352 e. The third-order valence-electron chi connectivity index (χ3n) is 3.57. The molecule has 0 aliphatic heterocycles. The normalized spacial score (nSPS) is 12.8. The van der Waals surface area contributed by atoms with Crippen LogP contribution in [0.4, 0.5) is 22.0 Å². The van der Waals surface area contributed by atoms with Crippen molar-refractivity contribution in [2.24, 2.45) is 0 Å². The number of aryl methyl sites for hydroxylation is 1. The van der Waals surface area contributed by atoms with Crippen LogP contribution in [0.25, 0.3) is 16.8 Å². The van der Waals surface area contributed by atoms with Crippen molar-refractivity contribution in [2.75, 3.05) is 0 Å². The van der Waals surface area contributed by atoms with Crippen LogP contribution >= 0.6 is 0 Å². The molecule has 0 aliphatic carbocycles. The standard InChI is InChI=1S/C15H11F5N4O2/c1-5-10(7-3-8(16)11(18)9(17)4-7)13-21-14(26-6(2)12(19)20)22-15(25)24(13)23-5/h3-4,6,12H,1-2H3,(H,21,22,25). The number of nitrogens with zero attached hydrogens (tertiary/aromatic N) is 3. The van der Waals surface area contributed by atoms with Gasteiger partial charge in [0.2, 0.25) is 0 Å². The Morgan fingerprint density at radius 2 is 1.81 bits per heavy atom. The Labute approximate surface area is 142 Å². The first-order chi connectivity index (χ1) is 12.2. The number of benzene rings is 1. The third kappa shape index (κ3) is 3.00. The first-order valence-corrected chi connectivity index (χ1v) is 7.28. The Kier molecular flexibility index (Phi) is 4.38. The van der Waals surface area contributed by atoms with Crippen LogP contribution in [0.3, 0.4) is 0 Å². The van der Waals surface area contributed by atoms with E-state index in [-0.39, 0.29) is 22.5 Å². The van der Waals surface area contributed by atoms with Crippen molar-refractivity contribution in [3.8, 4) is 17.1 Å². The first kappa shape index (κ1) is 17.8. The van der Waals surface area contributed by atoms with Gasteiger partial charge in [-0.2, -0.15) is 14.6 Å². The zero-order valence-corrected chi connectivity index (χ0v) is 13.4. The number of ether oxygens (including phenoxy) is 1. The zero-order chi connectivity index (χ0) is 19.2. The minimum Gasteiger partial charge on any atom is -0.456 e. The lowest BCUT2D eigenvalue weighted by Crippen LogP contribution is -2.26. The van der Waals surface area contributed by atoms with Crippen molar-refractivity contribution in [2.45, 2.75) is 26.4 Å². The van der Waals surface area contributed by atoms with Crippen molar-refractivity contribution in [3.05, 3.63) is 45.8 Å². The maximum absolute atomic E-state index is 13.5. The van der Waals surface area contributed by atoms with Gasteiger partial charge in [-0.25, -0.2) is 26.7 Å². The van der Waals surface area contributed by atoms with Crippen molar-refractivity contribution < 1.29 is 26.7 Å². The number of hydrogen-bond donors (Lipinski definition) is 1. The fourth-order valence-electron chi connectivity index (χ4n) is 2.35. The molecular weight excluding hydrogens is 363 g/mol. The molecule has 0 spiro atoms. The summed E-state index contributed by atoms with van der Waals surface area (Å²) in [6.45, 7) is 2.51. The van der Waals surface area contributed by atoms with Crippen molar-refractivity contribution in [1.82, 2.24) is 19.6 Å². The van der Waals surface area contributed by atoms with Gasteiger partial charge in [0.05, 0.1) is 11.3 Å². The first-order valence-electron chi connectivity index (χ1n) is 7.28. The summed E-state index contributed by atoms with van der Waals surface area (Å²) in [7, 11) is 0. The third-order valence-corrected chi connectivity index (χ3v) is 3.57. The number of hydrogen-bond acceptors (Lipinski definition) is 4. The molecule has 3 aromatic rings. The van der Waals surface area contributed by atoms with Gasteiger partial charge in [-0.05, 0) is 31.5 Å². The molecule has 1 aromatic carbocycles. The average Bonchev–Trinajstić information content (AvgIpc) is 2.88. The Balaban J connectivity index is 2.21. The van der Waals surface area contributed by atoms with E-state index in [9.17, 15) is 26.7 Å². The van der Waals surface area contributed by atoms with Crippen LogP contribution in [0.5, 0.6) is 6.01 Å². The highest BCUT2D eigenvalue weighted by molar-refractivity contribution is 5.79. The fraction of sp³-hybridized carbons (Fsp3) is 0.267. The summed E-state index contributed by atoms with van der Waals surface area (Å²) >= 11 is 0. The molecular formula is C15H11F5N4O2. The maximum Gasteiger partial charge on any atom is 0.352 e. The van der Waals surface area contributed by atoms with Crippen molar-refractivity contribution in [3.63, 3.8) is 0 Å². The van der Waals surface area contributed by atoms with E-state index < -0.39 is 41.7 Å². The monoisotopic (exact) mass is 374 g/mol. The van der Waals surface area contributed by atoms with E-state index in [0.717, 1.165) is 11.4 Å². The molecule has 1 atom stereocenters. The Morgan fingerprint density at radius 3 is 2.38 bits per heavy atom. The van der Waals surface area contributed by atoms with E-state index in [4.69, 9.17) is 4.74 Å². The molecule has 1 N–H and O–H groups in total. The predicted octanol–water partition coefficient (Wildman–Crippen LogP) is 2.84. The molecule has 0 aliphatic rings. The summed E-state index contributed by atoms with van der Waals surface area (Å²) in [4.78, 5) is 18.1. The van der Waals surface area contributed by atoms with Gasteiger partial charge in [-0.15, -0.1) is 0 Å². The lowest BCUT2D eigenvalue weighted by Gasteiger charge is -2.12. The van der Waals surface area contributed by atoms with E-state index in [1.54, 1.807) is 0 Å². The van der Waals surface area contributed by atoms with E-state index in [1.165, 1.54) is 6.92 Å². The molecule has 11 heteroatoms. The van der Waals surface area contributed by atoms with Crippen LogP contribution in [0.2, 0.25) is 0 Å². The Bertz CT molecular complexity index is 1020. The maximum atomic E-state index is 13.5.